The molecular weight excluding hydrogens is 304 g/mol. The molecule has 2 aromatic rings. The third-order valence-electron chi connectivity index (χ3n) is 3.70. The summed E-state index contributed by atoms with van der Waals surface area (Å²) >= 11 is 0. The zero-order chi connectivity index (χ0) is 17.4. The van der Waals surface area contributed by atoms with Gasteiger partial charge in [0.15, 0.2) is 0 Å². The number of hydrogen-bond donors (Lipinski definition) is 2. The van der Waals surface area contributed by atoms with Gasteiger partial charge in [0, 0.05) is 29.9 Å². The summed E-state index contributed by atoms with van der Waals surface area (Å²) in [5.74, 6) is 1.25. The highest BCUT2D eigenvalue weighted by Gasteiger charge is 2.09. The Morgan fingerprint density at radius 2 is 1.67 bits per heavy atom. The van der Waals surface area contributed by atoms with Crippen LogP contribution in [-0.2, 0) is 6.42 Å². The summed E-state index contributed by atoms with van der Waals surface area (Å²) in [7, 11) is 3.15. The van der Waals surface area contributed by atoms with Crippen LogP contribution in [0.4, 0.5) is 10.5 Å². The minimum absolute atomic E-state index is 0.0673. The Bertz CT molecular complexity index is 637. The summed E-state index contributed by atoms with van der Waals surface area (Å²) < 4.78 is 10.4. The van der Waals surface area contributed by atoms with Gasteiger partial charge in [-0.2, -0.15) is 0 Å². The number of methoxy groups -OCH3 is 2. The Kier molecular flexibility index (Phi) is 6.49. The normalized spacial score (nSPS) is 11.5. The van der Waals surface area contributed by atoms with Crippen molar-refractivity contribution in [3.05, 3.63) is 54.1 Å². The van der Waals surface area contributed by atoms with Crippen LogP contribution < -0.4 is 20.1 Å². The van der Waals surface area contributed by atoms with Crippen LogP contribution in [0.15, 0.2) is 48.5 Å². The fourth-order valence-corrected chi connectivity index (χ4v) is 2.37. The topological polar surface area (TPSA) is 59.6 Å². The minimum Gasteiger partial charge on any atom is -0.497 e. The third-order valence-corrected chi connectivity index (χ3v) is 3.70. The van der Waals surface area contributed by atoms with Crippen LogP contribution >= 0.6 is 0 Å². The molecule has 0 radical (unpaired) electrons. The van der Waals surface area contributed by atoms with Crippen LogP contribution in [0.5, 0.6) is 11.5 Å². The lowest BCUT2D eigenvalue weighted by Gasteiger charge is -2.15. The number of nitrogens with one attached hydrogen (secondary N) is 2. The van der Waals surface area contributed by atoms with Crippen LogP contribution in [0.1, 0.15) is 18.9 Å². The average Bonchev–Trinajstić information content (AvgIpc) is 2.60. The van der Waals surface area contributed by atoms with Crippen molar-refractivity contribution in [1.82, 2.24) is 5.32 Å². The van der Waals surface area contributed by atoms with Gasteiger partial charge in [0.2, 0.25) is 0 Å². The first-order chi connectivity index (χ1) is 11.6. The van der Waals surface area contributed by atoms with Gasteiger partial charge in [-0.1, -0.05) is 30.3 Å². The van der Waals surface area contributed by atoms with Gasteiger partial charge in [0.05, 0.1) is 14.2 Å². The Balaban J connectivity index is 1.86. The second kappa shape index (κ2) is 8.82. The van der Waals surface area contributed by atoms with Crippen molar-refractivity contribution in [3.8, 4) is 11.5 Å². The fraction of sp³-hybridized carbons (Fsp3) is 0.316. The molecule has 0 heterocycles. The van der Waals surface area contributed by atoms with Gasteiger partial charge in [-0.25, -0.2) is 4.79 Å². The molecule has 0 aromatic heterocycles. The second-order valence-corrected chi connectivity index (χ2v) is 5.63. The van der Waals surface area contributed by atoms with Gasteiger partial charge >= 0.3 is 6.03 Å². The molecule has 0 aliphatic rings. The van der Waals surface area contributed by atoms with Crippen LogP contribution in [-0.4, -0.2) is 26.3 Å². The van der Waals surface area contributed by atoms with Gasteiger partial charge in [-0.3, -0.25) is 0 Å². The van der Waals surface area contributed by atoms with Gasteiger partial charge in [-0.05, 0) is 25.3 Å². The molecule has 0 aliphatic heterocycles. The molecule has 0 saturated carbocycles. The van der Waals surface area contributed by atoms with Crippen LogP contribution in [0.25, 0.3) is 0 Å². The Labute approximate surface area is 143 Å². The molecule has 0 spiro atoms. The molecule has 0 aliphatic carbocycles. The molecule has 1 atom stereocenters. The lowest BCUT2D eigenvalue weighted by molar-refractivity contribution is 0.248. The summed E-state index contributed by atoms with van der Waals surface area (Å²) in [6.07, 6.45) is 1.80. The predicted molar refractivity (Wildman–Crippen MR) is 95.9 cm³/mol. The predicted octanol–water partition coefficient (Wildman–Crippen LogP) is 3.85. The molecule has 0 unspecified atom stereocenters. The zero-order valence-corrected chi connectivity index (χ0v) is 14.3. The highest BCUT2D eigenvalue weighted by molar-refractivity contribution is 5.89. The lowest BCUT2D eigenvalue weighted by Crippen LogP contribution is -2.36. The van der Waals surface area contributed by atoms with E-state index in [0.29, 0.717) is 17.2 Å². The standard InChI is InChI=1S/C19H24N2O3/c1-14(9-10-15-7-5-4-6-8-15)20-19(22)21-16-11-17(23-2)13-18(12-16)24-3/h4-8,11-14H,9-10H2,1-3H3,(H2,20,21,22)/t14-/m0/s1. The number of hydrogen-bond acceptors (Lipinski definition) is 3. The summed E-state index contributed by atoms with van der Waals surface area (Å²) in [5, 5.41) is 5.75. The number of amides is 2. The van der Waals surface area contributed by atoms with Crippen molar-refractivity contribution in [1.29, 1.82) is 0 Å². The quantitative estimate of drug-likeness (QED) is 0.812. The molecule has 0 saturated heterocycles. The smallest absolute Gasteiger partial charge is 0.319 e. The molecule has 5 nitrogen and oxygen atoms in total. The Morgan fingerprint density at radius 1 is 1.04 bits per heavy atom. The maximum absolute atomic E-state index is 12.1. The fourth-order valence-electron chi connectivity index (χ4n) is 2.37. The number of carbonyl (C=O) groups is 1. The van der Waals surface area contributed by atoms with E-state index >= 15 is 0 Å². The number of aryl methyl sites for hydroxylation is 1. The minimum atomic E-state index is -0.245. The molecule has 2 rings (SSSR count). The first kappa shape index (κ1) is 17.7. The van der Waals surface area contributed by atoms with Crippen molar-refractivity contribution in [2.75, 3.05) is 19.5 Å². The van der Waals surface area contributed by atoms with E-state index in [1.54, 1.807) is 32.4 Å². The van der Waals surface area contributed by atoms with E-state index in [4.69, 9.17) is 9.47 Å². The van der Waals surface area contributed by atoms with Crippen LogP contribution in [0, 0.1) is 0 Å². The number of anilines is 1. The van der Waals surface area contributed by atoms with E-state index in [-0.39, 0.29) is 12.1 Å². The molecule has 0 fully saturated rings. The SMILES string of the molecule is COc1cc(NC(=O)N[C@@H](C)CCc2ccccc2)cc(OC)c1. The van der Waals surface area contributed by atoms with Gasteiger partial charge in [-0.15, -0.1) is 0 Å². The number of carbonyl (C=O) groups excluding carboxylic acids is 1. The van der Waals surface area contributed by atoms with Crippen molar-refractivity contribution < 1.29 is 14.3 Å². The van der Waals surface area contributed by atoms with Crippen molar-refractivity contribution in [3.63, 3.8) is 0 Å². The highest BCUT2D eigenvalue weighted by atomic mass is 16.5. The summed E-state index contributed by atoms with van der Waals surface area (Å²) in [6.45, 7) is 1.99. The van der Waals surface area contributed by atoms with Crippen molar-refractivity contribution in [2.24, 2.45) is 0 Å². The van der Waals surface area contributed by atoms with Gasteiger partial charge < -0.3 is 20.1 Å². The molecule has 2 aromatic carbocycles. The number of ether oxygens (including phenoxy) is 2. The maximum atomic E-state index is 12.1. The molecule has 2 amide bonds. The number of rotatable bonds is 7. The summed E-state index contributed by atoms with van der Waals surface area (Å²) in [4.78, 5) is 12.1. The van der Waals surface area contributed by atoms with Crippen molar-refractivity contribution >= 4 is 11.7 Å². The molecular formula is C19H24N2O3. The monoisotopic (exact) mass is 328 g/mol. The Hall–Kier alpha value is -2.69. The highest BCUT2D eigenvalue weighted by Crippen LogP contribution is 2.25. The Morgan fingerprint density at radius 3 is 2.25 bits per heavy atom. The molecule has 0 bridgehead atoms. The largest absolute Gasteiger partial charge is 0.497 e. The van der Waals surface area contributed by atoms with E-state index in [1.165, 1.54) is 5.56 Å². The van der Waals surface area contributed by atoms with E-state index in [0.717, 1.165) is 12.8 Å². The third kappa shape index (κ3) is 5.50. The molecule has 24 heavy (non-hydrogen) atoms. The van der Waals surface area contributed by atoms with E-state index in [2.05, 4.69) is 22.8 Å². The molecule has 2 N–H and O–H groups in total. The van der Waals surface area contributed by atoms with Crippen LogP contribution in [0.3, 0.4) is 0 Å². The number of urea groups is 1. The van der Waals surface area contributed by atoms with Crippen LogP contribution in [0.2, 0.25) is 0 Å². The molecule has 128 valence electrons. The van der Waals surface area contributed by atoms with Gasteiger partial charge in [0.25, 0.3) is 0 Å². The van der Waals surface area contributed by atoms with E-state index in [1.807, 2.05) is 25.1 Å². The lowest BCUT2D eigenvalue weighted by atomic mass is 10.1. The van der Waals surface area contributed by atoms with E-state index < -0.39 is 0 Å². The van der Waals surface area contributed by atoms with Gasteiger partial charge in [0.1, 0.15) is 11.5 Å². The maximum Gasteiger partial charge on any atom is 0.319 e. The summed E-state index contributed by atoms with van der Waals surface area (Å²) in [6, 6.07) is 15.3. The first-order valence-electron chi connectivity index (χ1n) is 7.95. The average molecular weight is 328 g/mol. The summed E-state index contributed by atoms with van der Waals surface area (Å²) in [5.41, 5.74) is 1.89. The zero-order valence-electron chi connectivity index (χ0n) is 14.3. The van der Waals surface area contributed by atoms with E-state index in [9.17, 15) is 4.79 Å². The molecule has 5 heteroatoms. The second-order valence-electron chi connectivity index (χ2n) is 5.63. The first-order valence-corrected chi connectivity index (χ1v) is 7.95. The number of benzene rings is 2. The van der Waals surface area contributed by atoms with Crippen molar-refractivity contribution in [2.45, 2.75) is 25.8 Å².